The van der Waals surface area contributed by atoms with Gasteiger partial charge < -0.3 is 10.1 Å². The van der Waals surface area contributed by atoms with Gasteiger partial charge in [0.2, 0.25) is 0 Å². The number of nitro benzene ring substituents is 1. The number of hydrogen-bond donors (Lipinski definition) is 1. The molecule has 0 aromatic heterocycles. The highest BCUT2D eigenvalue weighted by Gasteiger charge is 2.04. The fraction of sp³-hybridized carbons (Fsp3) is 0.200. The number of ether oxygens (including phenoxy) is 1. The van der Waals surface area contributed by atoms with E-state index in [1.54, 1.807) is 12.1 Å². The SMILES string of the molecule is Cc1ccc(NCCOc2ccc([N+](=O)[O-])cc2)cc1Br. The summed E-state index contributed by atoms with van der Waals surface area (Å²) in [4.78, 5) is 10.1. The van der Waals surface area contributed by atoms with Crippen molar-refractivity contribution in [1.82, 2.24) is 0 Å². The molecule has 0 amide bonds. The Bertz CT molecular complexity index is 629. The Balaban J connectivity index is 1.79. The number of nitro groups is 1. The quantitative estimate of drug-likeness (QED) is 0.482. The minimum Gasteiger partial charge on any atom is -0.492 e. The molecule has 5 nitrogen and oxygen atoms in total. The number of nitrogens with one attached hydrogen (secondary N) is 1. The summed E-state index contributed by atoms with van der Waals surface area (Å²) in [5.74, 6) is 0.618. The molecule has 0 aliphatic carbocycles. The van der Waals surface area contributed by atoms with Gasteiger partial charge in [-0.3, -0.25) is 10.1 Å². The van der Waals surface area contributed by atoms with Gasteiger partial charge in [0.15, 0.2) is 0 Å². The lowest BCUT2D eigenvalue weighted by Crippen LogP contribution is -2.11. The van der Waals surface area contributed by atoms with E-state index < -0.39 is 4.92 Å². The fourth-order valence-corrected chi connectivity index (χ4v) is 2.11. The first kappa shape index (κ1) is 15.3. The second-order valence-corrected chi connectivity index (χ2v) is 5.34. The number of nitrogens with zero attached hydrogens (tertiary/aromatic N) is 1. The summed E-state index contributed by atoms with van der Waals surface area (Å²) < 4.78 is 6.58. The van der Waals surface area contributed by atoms with Crippen LogP contribution in [0.1, 0.15) is 5.56 Å². The van der Waals surface area contributed by atoms with Gasteiger partial charge in [-0.15, -0.1) is 0 Å². The molecule has 2 rings (SSSR count). The van der Waals surface area contributed by atoms with Crippen molar-refractivity contribution >= 4 is 27.3 Å². The molecule has 0 aliphatic heterocycles. The van der Waals surface area contributed by atoms with E-state index in [0.29, 0.717) is 18.9 Å². The highest BCUT2D eigenvalue weighted by Crippen LogP contribution is 2.20. The number of benzene rings is 2. The number of anilines is 1. The first-order chi connectivity index (χ1) is 10.1. The smallest absolute Gasteiger partial charge is 0.269 e. The summed E-state index contributed by atoms with van der Waals surface area (Å²) in [5, 5.41) is 13.8. The first-order valence-electron chi connectivity index (χ1n) is 6.43. The first-order valence-corrected chi connectivity index (χ1v) is 7.23. The molecule has 0 heterocycles. The molecule has 0 radical (unpaired) electrons. The van der Waals surface area contributed by atoms with Crippen LogP contribution >= 0.6 is 15.9 Å². The van der Waals surface area contributed by atoms with Crippen LogP contribution in [0.2, 0.25) is 0 Å². The van der Waals surface area contributed by atoms with Crippen LogP contribution in [0, 0.1) is 17.0 Å². The molecular weight excluding hydrogens is 336 g/mol. The zero-order valence-electron chi connectivity index (χ0n) is 11.5. The fourth-order valence-electron chi connectivity index (χ4n) is 1.73. The van der Waals surface area contributed by atoms with Gasteiger partial charge in [-0.05, 0) is 36.8 Å². The molecule has 0 fully saturated rings. The summed E-state index contributed by atoms with van der Waals surface area (Å²) in [6.07, 6.45) is 0. The minimum atomic E-state index is -0.430. The molecule has 0 saturated heterocycles. The Morgan fingerprint density at radius 2 is 1.95 bits per heavy atom. The molecule has 0 bridgehead atoms. The van der Waals surface area contributed by atoms with E-state index in [2.05, 4.69) is 21.2 Å². The minimum absolute atomic E-state index is 0.0602. The van der Waals surface area contributed by atoms with Gasteiger partial charge in [0, 0.05) is 28.8 Å². The molecule has 0 saturated carbocycles. The van der Waals surface area contributed by atoms with Crippen molar-refractivity contribution in [3.63, 3.8) is 0 Å². The van der Waals surface area contributed by atoms with E-state index in [4.69, 9.17) is 4.74 Å². The average molecular weight is 351 g/mol. The predicted octanol–water partition coefficient (Wildman–Crippen LogP) is 4.16. The predicted molar refractivity (Wildman–Crippen MR) is 86.0 cm³/mol. The lowest BCUT2D eigenvalue weighted by molar-refractivity contribution is -0.384. The van der Waals surface area contributed by atoms with Gasteiger partial charge in [0.05, 0.1) is 4.92 Å². The number of rotatable bonds is 6. The largest absolute Gasteiger partial charge is 0.492 e. The van der Waals surface area contributed by atoms with Crippen molar-refractivity contribution in [2.45, 2.75) is 6.92 Å². The number of aryl methyl sites for hydroxylation is 1. The van der Waals surface area contributed by atoms with E-state index in [0.717, 1.165) is 10.2 Å². The molecule has 0 unspecified atom stereocenters. The third-order valence-corrected chi connectivity index (χ3v) is 3.77. The summed E-state index contributed by atoms with van der Waals surface area (Å²) >= 11 is 3.48. The molecule has 6 heteroatoms. The van der Waals surface area contributed by atoms with E-state index in [-0.39, 0.29) is 5.69 Å². The zero-order valence-corrected chi connectivity index (χ0v) is 13.1. The van der Waals surface area contributed by atoms with Gasteiger partial charge >= 0.3 is 0 Å². The molecule has 110 valence electrons. The summed E-state index contributed by atoms with van der Waals surface area (Å²) in [5.41, 5.74) is 2.26. The second kappa shape index (κ2) is 7.08. The molecule has 21 heavy (non-hydrogen) atoms. The van der Waals surface area contributed by atoms with Crippen LogP contribution in [0.5, 0.6) is 5.75 Å². The number of hydrogen-bond acceptors (Lipinski definition) is 4. The maximum atomic E-state index is 10.5. The highest BCUT2D eigenvalue weighted by molar-refractivity contribution is 9.10. The Morgan fingerprint density at radius 3 is 2.57 bits per heavy atom. The Labute approximate surface area is 131 Å². The Hall–Kier alpha value is -2.08. The highest BCUT2D eigenvalue weighted by atomic mass is 79.9. The zero-order chi connectivity index (χ0) is 15.2. The topological polar surface area (TPSA) is 64.4 Å². The van der Waals surface area contributed by atoms with E-state index in [9.17, 15) is 10.1 Å². The molecule has 0 spiro atoms. The Morgan fingerprint density at radius 1 is 1.24 bits per heavy atom. The molecule has 2 aromatic carbocycles. The van der Waals surface area contributed by atoms with Crippen molar-refractivity contribution < 1.29 is 9.66 Å². The third kappa shape index (κ3) is 4.46. The summed E-state index contributed by atoms with van der Waals surface area (Å²) in [7, 11) is 0. The van der Waals surface area contributed by atoms with E-state index in [1.807, 2.05) is 25.1 Å². The molecular formula is C15H15BrN2O3. The van der Waals surface area contributed by atoms with Gasteiger partial charge in [-0.2, -0.15) is 0 Å². The maximum absolute atomic E-state index is 10.5. The van der Waals surface area contributed by atoms with Crippen molar-refractivity contribution in [2.75, 3.05) is 18.5 Å². The van der Waals surface area contributed by atoms with Crippen LogP contribution in [-0.2, 0) is 0 Å². The van der Waals surface area contributed by atoms with Gasteiger partial charge in [-0.1, -0.05) is 22.0 Å². The summed E-state index contributed by atoms with van der Waals surface area (Å²) in [6.45, 7) is 3.15. The number of non-ortho nitro benzene ring substituents is 1. The molecule has 1 N–H and O–H groups in total. The molecule has 0 atom stereocenters. The normalized spacial score (nSPS) is 10.2. The standard InChI is InChI=1S/C15H15BrN2O3/c1-11-2-3-12(10-15(11)16)17-8-9-21-14-6-4-13(5-7-14)18(19)20/h2-7,10,17H,8-9H2,1H3. The van der Waals surface area contributed by atoms with Crippen LogP contribution in [0.15, 0.2) is 46.9 Å². The van der Waals surface area contributed by atoms with Crippen LogP contribution in [0.3, 0.4) is 0 Å². The van der Waals surface area contributed by atoms with Crippen LogP contribution in [0.4, 0.5) is 11.4 Å². The van der Waals surface area contributed by atoms with Gasteiger partial charge in [0.1, 0.15) is 12.4 Å². The van der Waals surface area contributed by atoms with Crippen LogP contribution < -0.4 is 10.1 Å². The lowest BCUT2D eigenvalue weighted by Gasteiger charge is -2.09. The van der Waals surface area contributed by atoms with Crippen molar-refractivity contribution in [3.05, 3.63) is 62.6 Å². The van der Waals surface area contributed by atoms with E-state index >= 15 is 0 Å². The van der Waals surface area contributed by atoms with E-state index in [1.165, 1.54) is 17.7 Å². The maximum Gasteiger partial charge on any atom is 0.269 e. The number of halogens is 1. The van der Waals surface area contributed by atoms with Gasteiger partial charge in [-0.25, -0.2) is 0 Å². The van der Waals surface area contributed by atoms with Crippen molar-refractivity contribution in [1.29, 1.82) is 0 Å². The monoisotopic (exact) mass is 350 g/mol. The average Bonchev–Trinajstić information content (AvgIpc) is 2.47. The van der Waals surface area contributed by atoms with Crippen molar-refractivity contribution in [3.8, 4) is 5.75 Å². The van der Waals surface area contributed by atoms with Crippen LogP contribution in [0.25, 0.3) is 0 Å². The van der Waals surface area contributed by atoms with Crippen molar-refractivity contribution in [2.24, 2.45) is 0 Å². The van der Waals surface area contributed by atoms with Gasteiger partial charge in [0.25, 0.3) is 5.69 Å². The Kier molecular flexibility index (Phi) is 5.16. The third-order valence-electron chi connectivity index (χ3n) is 2.92. The van der Waals surface area contributed by atoms with Crippen LogP contribution in [-0.4, -0.2) is 18.1 Å². The molecule has 2 aromatic rings. The summed E-state index contributed by atoms with van der Waals surface area (Å²) in [6, 6.07) is 12.1. The second-order valence-electron chi connectivity index (χ2n) is 4.49. The molecule has 0 aliphatic rings. The lowest BCUT2D eigenvalue weighted by atomic mass is 10.2.